The molecular weight excluding hydrogens is 366 g/mol. The number of hydrogen-bond acceptors (Lipinski definition) is 1. The highest BCUT2D eigenvalue weighted by Crippen LogP contribution is 2.50. The van der Waals surface area contributed by atoms with Gasteiger partial charge in [-0.15, -0.1) is 0 Å². The molecule has 0 aliphatic heterocycles. The zero-order valence-electron chi connectivity index (χ0n) is 17.5. The van der Waals surface area contributed by atoms with Crippen LogP contribution >= 0.6 is 0 Å². The second-order valence-corrected chi connectivity index (χ2v) is 8.40. The van der Waals surface area contributed by atoms with Gasteiger partial charge in [0, 0.05) is 5.41 Å². The number of ether oxygens (including phenoxy) is 1. The molecule has 1 aliphatic carbocycles. The van der Waals surface area contributed by atoms with Gasteiger partial charge in [-0.2, -0.15) is 0 Å². The molecule has 3 heteroatoms. The highest BCUT2D eigenvalue weighted by atomic mass is 19.1. The molecule has 0 N–H and O–H groups in total. The third-order valence-electron chi connectivity index (χ3n) is 6.23. The van der Waals surface area contributed by atoms with Gasteiger partial charge in [0.1, 0.15) is 24.2 Å². The highest BCUT2D eigenvalue weighted by molar-refractivity contribution is 5.63. The lowest BCUT2D eigenvalue weighted by atomic mass is 9.63. The molecule has 0 spiro atoms. The Hall–Kier alpha value is -2.16. The van der Waals surface area contributed by atoms with Crippen LogP contribution in [0.2, 0.25) is 0 Å². The quantitative estimate of drug-likeness (QED) is 0.414. The Bertz CT molecular complexity index is 782. The monoisotopic (exact) mass is 398 g/mol. The van der Waals surface area contributed by atoms with Crippen LogP contribution in [0.5, 0.6) is 5.75 Å². The smallest absolute Gasteiger partial charge is 0.119 e. The molecule has 0 amide bonds. The molecule has 1 saturated carbocycles. The van der Waals surface area contributed by atoms with Gasteiger partial charge >= 0.3 is 0 Å². The second kappa shape index (κ2) is 9.56. The molecule has 1 aliphatic rings. The largest absolute Gasteiger partial charge is 0.490 e. The normalized spacial score (nSPS) is 24.3. The topological polar surface area (TPSA) is 9.23 Å². The van der Waals surface area contributed by atoms with Crippen LogP contribution in [0.4, 0.5) is 8.78 Å². The molecule has 156 valence electrons. The fourth-order valence-electron chi connectivity index (χ4n) is 4.55. The molecule has 3 atom stereocenters. The molecule has 3 rings (SSSR count). The van der Waals surface area contributed by atoms with E-state index < -0.39 is 17.3 Å². The Kier molecular flexibility index (Phi) is 7.10. The van der Waals surface area contributed by atoms with Crippen LogP contribution in [0.15, 0.2) is 66.7 Å². The van der Waals surface area contributed by atoms with Crippen LogP contribution < -0.4 is 4.74 Å². The lowest BCUT2D eigenvalue weighted by Crippen LogP contribution is -2.45. The van der Waals surface area contributed by atoms with Crippen molar-refractivity contribution < 1.29 is 13.5 Å². The molecule has 0 heterocycles. The summed E-state index contributed by atoms with van der Waals surface area (Å²) in [6.45, 7) is 3.97. The predicted octanol–water partition coefficient (Wildman–Crippen LogP) is 7.72. The molecular formula is C26H32F2O. The standard InChI is InChI=1S/C26H32F2O/c1-3-16-25(2,28)26(17-7-11-23(27)20-26)18-8-19-29-24-14-12-22(13-15-24)21-9-5-4-6-10-21/h4-6,8-10,12-15,18,23H,3,7,11,16-17,19-20H2,1-2H3/b18-8+/t23-,25?,26-/m1/s1. The van der Waals surface area contributed by atoms with E-state index in [1.807, 2.05) is 61.5 Å². The van der Waals surface area contributed by atoms with Crippen molar-refractivity contribution in [3.05, 3.63) is 66.7 Å². The van der Waals surface area contributed by atoms with E-state index in [1.54, 1.807) is 6.92 Å². The molecule has 0 aromatic heterocycles. The first kappa shape index (κ1) is 21.5. The van der Waals surface area contributed by atoms with Gasteiger partial charge in [0.2, 0.25) is 0 Å². The highest BCUT2D eigenvalue weighted by Gasteiger charge is 2.49. The van der Waals surface area contributed by atoms with Gasteiger partial charge in [-0.1, -0.05) is 68.0 Å². The average molecular weight is 399 g/mol. The molecule has 29 heavy (non-hydrogen) atoms. The van der Waals surface area contributed by atoms with Gasteiger partial charge in [0.15, 0.2) is 0 Å². The fourth-order valence-corrected chi connectivity index (χ4v) is 4.55. The summed E-state index contributed by atoms with van der Waals surface area (Å²) in [5.74, 6) is 0.770. The molecule has 0 saturated heterocycles. The summed E-state index contributed by atoms with van der Waals surface area (Å²) in [7, 11) is 0. The van der Waals surface area contributed by atoms with E-state index in [-0.39, 0.29) is 6.42 Å². The maximum atomic E-state index is 15.5. The SMILES string of the molecule is CCCC(C)(F)[C@@]1(/C=C/COc2ccc(-c3ccccc3)cc2)CCC[C@@H](F)C1. The minimum atomic E-state index is -1.40. The van der Waals surface area contributed by atoms with Gasteiger partial charge in [-0.05, 0) is 62.3 Å². The summed E-state index contributed by atoms with van der Waals surface area (Å²) >= 11 is 0. The van der Waals surface area contributed by atoms with Crippen LogP contribution in [0.3, 0.4) is 0 Å². The minimum absolute atomic E-state index is 0.266. The lowest BCUT2D eigenvalue weighted by molar-refractivity contribution is -0.0164. The second-order valence-electron chi connectivity index (χ2n) is 8.40. The number of halogens is 2. The van der Waals surface area contributed by atoms with Crippen molar-refractivity contribution in [2.75, 3.05) is 6.61 Å². The molecule has 0 bridgehead atoms. The van der Waals surface area contributed by atoms with Gasteiger partial charge in [0.25, 0.3) is 0 Å². The Morgan fingerprint density at radius 2 is 1.79 bits per heavy atom. The summed E-state index contributed by atoms with van der Waals surface area (Å²) in [4.78, 5) is 0. The number of benzene rings is 2. The van der Waals surface area contributed by atoms with E-state index in [0.29, 0.717) is 25.9 Å². The van der Waals surface area contributed by atoms with E-state index in [2.05, 4.69) is 12.1 Å². The summed E-state index contributed by atoms with van der Waals surface area (Å²) < 4.78 is 35.5. The summed E-state index contributed by atoms with van der Waals surface area (Å²) in [5, 5.41) is 0. The Morgan fingerprint density at radius 1 is 1.10 bits per heavy atom. The van der Waals surface area contributed by atoms with E-state index in [1.165, 1.54) is 0 Å². The van der Waals surface area contributed by atoms with Gasteiger partial charge in [0.05, 0.1) is 0 Å². The van der Waals surface area contributed by atoms with Crippen LogP contribution in [-0.2, 0) is 0 Å². The maximum absolute atomic E-state index is 15.5. The van der Waals surface area contributed by atoms with Crippen LogP contribution in [-0.4, -0.2) is 18.4 Å². The number of rotatable bonds is 8. The Balaban J connectivity index is 1.64. The van der Waals surface area contributed by atoms with Crippen molar-refractivity contribution >= 4 is 0 Å². The number of hydrogen-bond donors (Lipinski definition) is 0. The van der Waals surface area contributed by atoms with Gasteiger partial charge in [-0.3, -0.25) is 0 Å². The van der Waals surface area contributed by atoms with Crippen LogP contribution in [0, 0.1) is 5.41 Å². The predicted molar refractivity (Wildman–Crippen MR) is 117 cm³/mol. The van der Waals surface area contributed by atoms with Crippen LogP contribution in [0.25, 0.3) is 11.1 Å². The van der Waals surface area contributed by atoms with E-state index in [4.69, 9.17) is 4.74 Å². The van der Waals surface area contributed by atoms with Crippen molar-refractivity contribution in [3.8, 4) is 16.9 Å². The Morgan fingerprint density at radius 3 is 2.45 bits per heavy atom. The van der Waals surface area contributed by atoms with Crippen molar-refractivity contribution in [1.29, 1.82) is 0 Å². The zero-order chi connectivity index (χ0) is 20.7. The van der Waals surface area contributed by atoms with E-state index in [9.17, 15) is 4.39 Å². The van der Waals surface area contributed by atoms with Crippen LogP contribution in [0.1, 0.15) is 52.4 Å². The third-order valence-corrected chi connectivity index (χ3v) is 6.23. The lowest BCUT2D eigenvalue weighted by Gasteiger charge is -2.45. The maximum Gasteiger partial charge on any atom is 0.119 e. The van der Waals surface area contributed by atoms with Crippen molar-refractivity contribution in [2.24, 2.45) is 5.41 Å². The first-order valence-corrected chi connectivity index (χ1v) is 10.7. The first-order valence-electron chi connectivity index (χ1n) is 10.7. The summed E-state index contributed by atoms with van der Waals surface area (Å²) in [6.07, 6.45) is 6.29. The van der Waals surface area contributed by atoms with E-state index >= 15 is 4.39 Å². The Labute approximate surface area is 173 Å². The van der Waals surface area contributed by atoms with Crippen molar-refractivity contribution in [3.63, 3.8) is 0 Å². The molecule has 2 aromatic carbocycles. The van der Waals surface area contributed by atoms with Gasteiger partial charge < -0.3 is 4.74 Å². The van der Waals surface area contributed by atoms with Gasteiger partial charge in [-0.25, -0.2) is 8.78 Å². The fraction of sp³-hybridized carbons (Fsp3) is 0.462. The molecule has 1 unspecified atom stereocenters. The number of allylic oxidation sites excluding steroid dienone is 1. The summed E-state index contributed by atoms with van der Waals surface area (Å²) in [6, 6.07) is 18.1. The minimum Gasteiger partial charge on any atom is -0.490 e. The first-order chi connectivity index (χ1) is 14.0. The van der Waals surface area contributed by atoms with E-state index in [0.717, 1.165) is 29.7 Å². The molecule has 2 aromatic rings. The molecule has 1 nitrogen and oxygen atoms in total. The number of alkyl halides is 2. The zero-order valence-corrected chi connectivity index (χ0v) is 17.5. The van der Waals surface area contributed by atoms with Crippen molar-refractivity contribution in [2.45, 2.75) is 64.2 Å². The average Bonchev–Trinajstić information content (AvgIpc) is 2.72. The third kappa shape index (κ3) is 5.26. The van der Waals surface area contributed by atoms with Crippen molar-refractivity contribution in [1.82, 2.24) is 0 Å². The molecule has 0 radical (unpaired) electrons. The summed E-state index contributed by atoms with van der Waals surface area (Å²) in [5.41, 5.74) is 0.162. The molecule has 1 fully saturated rings.